The number of hydrogen-bond donors (Lipinski definition) is 11. The molecule has 0 radical (unpaired) electrons. The van der Waals surface area contributed by atoms with Crippen molar-refractivity contribution >= 4 is 46.8 Å². The fraction of sp³-hybridized carbons (Fsp3) is 0.862. The number of aliphatic carboxylic acids is 3. The van der Waals surface area contributed by atoms with Crippen LogP contribution in [0.5, 0.6) is 0 Å². The smallest absolute Gasteiger partial charge is 0.335 e. The number of aldehydes is 1. The van der Waals surface area contributed by atoms with E-state index in [1.54, 1.807) is 0 Å². The summed E-state index contributed by atoms with van der Waals surface area (Å²) >= 11 is 1.49. The zero-order valence-corrected chi connectivity index (χ0v) is 29.2. The predicted molar refractivity (Wildman–Crippen MR) is 167 cm³/mol. The Hall–Kier alpha value is -1.75. The number of fused-ring (bicyclic) bond motifs is 2. The fourth-order valence-corrected chi connectivity index (χ4v) is 8.49. The molecule has 2 bridgehead atoms. The van der Waals surface area contributed by atoms with Gasteiger partial charge in [0.05, 0.1) is 28.3 Å². The second kappa shape index (κ2) is 16.7. The topological polar surface area (TPSA) is 346 Å². The first-order valence-electron chi connectivity index (χ1n) is 15.8. The maximum Gasteiger partial charge on any atom is 0.335 e. The lowest BCUT2D eigenvalue weighted by Gasteiger charge is -2.52. The highest BCUT2D eigenvalue weighted by Crippen LogP contribution is 2.45. The van der Waals surface area contributed by atoms with Crippen LogP contribution < -0.4 is 0 Å². The molecule has 4 saturated heterocycles. The highest BCUT2D eigenvalue weighted by molar-refractivity contribution is 14.1. The number of hydrogen-bond acceptors (Lipinski definition) is 18. The molecule has 0 aromatic heterocycles. The van der Waals surface area contributed by atoms with E-state index < -0.39 is 156 Å². The molecule has 22 heteroatoms. The average Bonchev–Trinajstić information content (AvgIpc) is 3.08. The van der Waals surface area contributed by atoms with E-state index in [1.807, 2.05) is 0 Å². The van der Waals surface area contributed by atoms with Crippen LogP contribution in [0.15, 0.2) is 0 Å². The summed E-state index contributed by atoms with van der Waals surface area (Å²) in [5.74, 6) is -13.0. The first-order valence-corrected chi connectivity index (χ1v) is 17.0. The van der Waals surface area contributed by atoms with E-state index in [0.29, 0.717) is 6.29 Å². The van der Waals surface area contributed by atoms with Gasteiger partial charge in [0.1, 0.15) is 49.0 Å². The molecule has 11 N–H and O–H groups in total. The summed E-state index contributed by atoms with van der Waals surface area (Å²) in [5.41, 5.74) is 0. The highest BCUT2D eigenvalue weighted by Gasteiger charge is 2.61. The Morgan fingerprint density at radius 2 is 1.47 bits per heavy atom. The molecule has 0 aromatic carbocycles. The van der Waals surface area contributed by atoms with Gasteiger partial charge in [-0.1, -0.05) is 22.6 Å². The van der Waals surface area contributed by atoms with Gasteiger partial charge >= 0.3 is 17.9 Å². The summed E-state index contributed by atoms with van der Waals surface area (Å²) in [6, 6.07) is 0. The van der Waals surface area contributed by atoms with Crippen molar-refractivity contribution in [3.63, 3.8) is 0 Å². The van der Waals surface area contributed by atoms with Crippen LogP contribution in [0.3, 0.4) is 0 Å². The third-order valence-corrected chi connectivity index (χ3v) is 11.6. The minimum atomic E-state index is -3.03. The third kappa shape index (κ3) is 8.05. The van der Waals surface area contributed by atoms with Gasteiger partial charge in [-0.25, -0.2) is 14.4 Å². The number of aliphatic hydroxyl groups is 8. The summed E-state index contributed by atoms with van der Waals surface area (Å²) in [5, 5.41) is 118. The number of ether oxygens (including phenoxy) is 6. The van der Waals surface area contributed by atoms with E-state index >= 15 is 0 Å². The van der Waals surface area contributed by atoms with Gasteiger partial charge in [0, 0.05) is 32.0 Å². The number of alkyl halides is 1. The number of carboxylic acids is 3. The molecular weight excluding hydrogens is 811 g/mol. The lowest BCUT2D eigenvalue weighted by molar-refractivity contribution is -0.353. The first kappa shape index (κ1) is 42.0. The van der Waals surface area contributed by atoms with Gasteiger partial charge in [-0.15, -0.1) is 0 Å². The number of methoxy groups -OCH3 is 2. The van der Waals surface area contributed by atoms with Crippen molar-refractivity contribution < 1.29 is 104 Å². The molecule has 4 aliphatic heterocycles. The minimum Gasteiger partial charge on any atom is -0.479 e. The minimum absolute atomic E-state index is 0.301. The predicted octanol–water partition coefficient (Wildman–Crippen LogP) is -5.20. The fourth-order valence-electron chi connectivity index (χ4n) is 7.39. The Morgan fingerprint density at radius 1 is 0.863 bits per heavy atom. The Bertz CT molecular complexity index is 1260. The summed E-state index contributed by atoms with van der Waals surface area (Å²) in [4.78, 5) is 48.1. The summed E-state index contributed by atoms with van der Waals surface area (Å²) in [6.07, 6.45) is -28.5. The van der Waals surface area contributed by atoms with Crippen LogP contribution in [-0.2, 0) is 47.6 Å². The van der Waals surface area contributed by atoms with Crippen molar-refractivity contribution in [2.45, 2.75) is 121 Å². The van der Waals surface area contributed by atoms with Crippen LogP contribution in [0.4, 0.5) is 0 Å². The molecule has 4 rings (SSSR count). The van der Waals surface area contributed by atoms with Crippen LogP contribution in [0.2, 0.25) is 0 Å². The molecule has 20 unspecified atom stereocenters. The molecule has 0 amide bonds. The molecule has 292 valence electrons. The number of carboxylic acid groups (broad SMARTS) is 3. The summed E-state index contributed by atoms with van der Waals surface area (Å²) < 4.78 is 30.8. The molecule has 51 heavy (non-hydrogen) atoms. The number of carbonyl (C=O) groups excluding carboxylic acids is 1. The largest absolute Gasteiger partial charge is 0.479 e. The zero-order valence-electron chi connectivity index (χ0n) is 27.0. The first-order chi connectivity index (χ1) is 23.8. The molecule has 0 spiro atoms. The van der Waals surface area contributed by atoms with Gasteiger partial charge in [0.2, 0.25) is 5.79 Å². The van der Waals surface area contributed by atoms with Gasteiger partial charge in [-0.2, -0.15) is 0 Å². The summed E-state index contributed by atoms with van der Waals surface area (Å²) in [7, 11) is 2.20. The van der Waals surface area contributed by atoms with Crippen molar-refractivity contribution in [1.82, 2.24) is 0 Å². The zero-order chi connectivity index (χ0) is 38.3. The molecular formula is C29H43IO21. The SMILES string of the molecule is COC1OC(C=O)C(CC2OC(C(=O)O)C(CC(I)C3(O)OC4C(O)C(CC(C(O)C(=O)O)C3O)OC(C(=O)O)C4OC)C(O)C2O)C(O)C1O. The van der Waals surface area contributed by atoms with Gasteiger partial charge in [-0.05, 0) is 19.3 Å². The maximum absolute atomic E-state index is 12.5. The van der Waals surface area contributed by atoms with E-state index in [4.69, 9.17) is 28.4 Å². The highest BCUT2D eigenvalue weighted by atomic mass is 127. The van der Waals surface area contributed by atoms with E-state index in [2.05, 4.69) is 0 Å². The number of carbonyl (C=O) groups is 4. The molecule has 0 aliphatic carbocycles. The van der Waals surface area contributed by atoms with Crippen molar-refractivity contribution in [1.29, 1.82) is 0 Å². The lowest BCUT2D eigenvalue weighted by Crippen LogP contribution is -2.70. The van der Waals surface area contributed by atoms with Crippen LogP contribution in [0.25, 0.3) is 0 Å². The van der Waals surface area contributed by atoms with E-state index in [0.717, 1.165) is 14.2 Å². The van der Waals surface area contributed by atoms with E-state index in [-0.39, 0.29) is 0 Å². The number of aliphatic hydroxyl groups excluding tert-OH is 7. The average molecular weight is 855 g/mol. The quantitative estimate of drug-likeness (QED) is 0.0496. The number of rotatable bonds is 12. The van der Waals surface area contributed by atoms with Crippen molar-refractivity contribution in [3.8, 4) is 0 Å². The van der Waals surface area contributed by atoms with E-state index in [9.17, 15) is 75.3 Å². The molecule has 4 heterocycles. The molecule has 21 nitrogen and oxygen atoms in total. The Labute approximate surface area is 302 Å². The third-order valence-electron chi connectivity index (χ3n) is 10.2. The van der Waals surface area contributed by atoms with Gasteiger partial charge in [0.15, 0.2) is 24.6 Å². The molecule has 4 fully saturated rings. The van der Waals surface area contributed by atoms with Crippen molar-refractivity contribution in [3.05, 3.63) is 0 Å². The standard InChI is InChI=1S/C29H43IO21/c1-46-22-21-18(36)11(49-23(22)27(43)44)4-9(16(34)25(39)40)24(38)29(45,51-21)13(30)5-8-15(33)17(35)10(48-20(8)26(41)42)3-7-12(6-31)50-28(47-2)19(37)14(7)32/h6-24,28,32-38,45H,3-5H2,1-2H3,(H,39,40)(H,41,42)(H,43,44). The normalized spacial score (nSPS) is 47.3. The second-order valence-electron chi connectivity index (χ2n) is 13.1. The van der Waals surface area contributed by atoms with Crippen LogP contribution in [0.1, 0.15) is 19.3 Å². The second-order valence-corrected chi connectivity index (χ2v) is 14.6. The number of halogens is 1. The van der Waals surface area contributed by atoms with Gasteiger partial charge < -0.3 is 89.4 Å². The summed E-state index contributed by atoms with van der Waals surface area (Å²) in [6.45, 7) is 0. The van der Waals surface area contributed by atoms with Crippen molar-refractivity contribution in [2.75, 3.05) is 14.2 Å². The molecule has 20 atom stereocenters. The van der Waals surface area contributed by atoms with Crippen LogP contribution in [0, 0.1) is 17.8 Å². The Balaban J connectivity index is 1.65. The van der Waals surface area contributed by atoms with Crippen molar-refractivity contribution in [2.24, 2.45) is 17.8 Å². The molecule has 4 aliphatic rings. The monoisotopic (exact) mass is 854 g/mol. The molecule has 0 aromatic rings. The van der Waals surface area contributed by atoms with Crippen LogP contribution in [-0.4, -0.2) is 196 Å². The van der Waals surface area contributed by atoms with E-state index in [1.165, 1.54) is 22.6 Å². The lowest BCUT2D eigenvalue weighted by atomic mass is 9.75. The van der Waals surface area contributed by atoms with Gasteiger partial charge in [0.25, 0.3) is 0 Å². The van der Waals surface area contributed by atoms with Gasteiger partial charge in [-0.3, -0.25) is 0 Å². The molecule has 0 saturated carbocycles. The Morgan fingerprint density at radius 3 is 2.00 bits per heavy atom. The Kier molecular flexibility index (Phi) is 13.8. The maximum atomic E-state index is 12.5. The van der Waals surface area contributed by atoms with Crippen LogP contribution >= 0.6 is 22.6 Å².